The van der Waals surface area contributed by atoms with Crippen LogP contribution in [0.2, 0.25) is 0 Å². The van der Waals surface area contributed by atoms with E-state index in [1.165, 1.54) is 0 Å². The van der Waals surface area contributed by atoms with Crippen molar-refractivity contribution in [2.24, 2.45) is 0 Å². The van der Waals surface area contributed by atoms with Crippen molar-refractivity contribution in [2.45, 2.75) is 6.92 Å². The highest BCUT2D eigenvalue weighted by atomic mass is 16.5. The minimum absolute atomic E-state index is 0.279. The van der Waals surface area contributed by atoms with Gasteiger partial charge in [-0.2, -0.15) is 0 Å². The minimum Gasteiger partial charge on any atom is -0.442 e. The minimum atomic E-state index is -0.748. The first-order valence-electron chi connectivity index (χ1n) is 7.93. The van der Waals surface area contributed by atoms with Crippen molar-refractivity contribution in [1.29, 1.82) is 0 Å². The SMILES string of the molecule is Cc1ccc(C(=O)NCC(=O)OCN2C(=O)c3ccccc3C2=O)cc1. The quantitative estimate of drug-likeness (QED) is 0.651. The summed E-state index contributed by atoms with van der Waals surface area (Å²) >= 11 is 0. The molecule has 3 rings (SSSR count). The Morgan fingerprint density at radius 2 is 1.54 bits per heavy atom. The molecule has 2 aromatic rings. The van der Waals surface area contributed by atoms with Gasteiger partial charge in [-0.25, -0.2) is 4.90 Å². The number of esters is 1. The van der Waals surface area contributed by atoms with E-state index in [1.54, 1.807) is 48.5 Å². The molecular formula is C19H16N2O5. The number of nitrogens with zero attached hydrogens (tertiary/aromatic N) is 1. The molecule has 2 aromatic carbocycles. The average molecular weight is 352 g/mol. The third-order valence-corrected chi connectivity index (χ3v) is 3.94. The van der Waals surface area contributed by atoms with Crippen LogP contribution in [0, 0.1) is 6.92 Å². The molecule has 0 aromatic heterocycles. The lowest BCUT2D eigenvalue weighted by atomic mass is 10.1. The summed E-state index contributed by atoms with van der Waals surface area (Å²) in [5.41, 5.74) is 1.99. The second-order valence-electron chi connectivity index (χ2n) is 5.78. The number of benzene rings is 2. The van der Waals surface area contributed by atoms with Gasteiger partial charge in [0.05, 0.1) is 11.1 Å². The van der Waals surface area contributed by atoms with Crippen LogP contribution in [0.1, 0.15) is 36.6 Å². The van der Waals surface area contributed by atoms with E-state index in [2.05, 4.69) is 5.32 Å². The van der Waals surface area contributed by atoms with Gasteiger partial charge in [-0.1, -0.05) is 29.8 Å². The van der Waals surface area contributed by atoms with Crippen molar-refractivity contribution in [3.05, 3.63) is 70.8 Å². The summed E-state index contributed by atoms with van der Waals surface area (Å²) in [5, 5.41) is 2.43. The molecule has 0 atom stereocenters. The van der Waals surface area contributed by atoms with Crippen LogP contribution < -0.4 is 5.32 Å². The summed E-state index contributed by atoms with van der Waals surface area (Å²) in [5.74, 6) is -2.19. The van der Waals surface area contributed by atoms with Crippen molar-refractivity contribution < 1.29 is 23.9 Å². The van der Waals surface area contributed by atoms with E-state index >= 15 is 0 Å². The summed E-state index contributed by atoms with van der Waals surface area (Å²) in [6.07, 6.45) is 0. The highest BCUT2D eigenvalue weighted by Gasteiger charge is 2.35. The number of carbonyl (C=O) groups is 4. The molecule has 1 aliphatic heterocycles. The fourth-order valence-corrected chi connectivity index (χ4v) is 2.50. The molecule has 0 bridgehead atoms. The van der Waals surface area contributed by atoms with Crippen LogP contribution in [0.4, 0.5) is 0 Å². The van der Waals surface area contributed by atoms with Crippen LogP contribution in [0.5, 0.6) is 0 Å². The maximum absolute atomic E-state index is 12.1. The molecule has 3 amide bonds. The largest absolute Gasteiger partial charge is 0.442 e. The van der Waals surface area contributed by atoms with E-state index in [0.717, 1.165) is 10.5 Å². The summed E-state index contributed by atoms with van der Waals surface area (Å²) in [7, 11) is 0. The topological polar surface area (TPSA) is 92.8 Å². The van der Waals surface area contributed by atoms with Gasteiger partial charge in [-0.15, -0.1) is 0 Å². The monoisotopic (exact) mass is 352 g/mol. The average Bonchev–Trinajstić information content (AvgIpc) is 2.89. The molecule has 7 nitrogen and oxygen atoms in total. The number of amides is 3. The molecule has 7 heteroatoms. The zero-order valence-corrected chi connectivity index (χ0v) is 14.0. The number of hydrogen-bond donors (Lipinski definition) is 1. The molecule has 0 saturated heterocycles. The van der Waals surface area contributed by atoms with Crippen LogP contribution in [0.3, 0.4) is 0 Å². The molecule has 0 saturated carbocycles. The molecule has 0 fully saturated rings. The van der Waals surface area contributed by atoms with Crippen LogP contribution >= 0.6 is 0 Å². The van der Waals surface area contributed by atoms with Crippen LogP contribution in [0.15, 0.2) is 48.5 Å². The molecule has 1 heterocycles. The maximum Gasteiger partial charge on any atom is 0.327 e. The van der Waals surface area contributed by atoms with E-state index in [4.69, 9.17) is 4.74 Å². The third kappa shape index (κ3) is 3.46. The number of ether oxygens (including phenoxy) is 1. The van der Waals surface area contributed by atoms with Crippen LogP contribution in [-0.4, -0.2) is 41.9 Å². The van der Waals surface area contributed by atoms with E-state index in [0.29, 0.717) is 5.56 Å². The molecule has 26 heavy (non-hydrogen) atoms. The molecular weight excluding hydrogens is 336 g/mol. The fourth-order valence-electron chi connectivity index (χ4n) is 2.50. The highest BCUT2D eigenvalue weighted by Crippen LogP contribution is 2.21. The third-order valence-electron chi connectivity index (χ3n) is 3.94. The first kappa shape index (κ1) is 17.3. The first-order chi connectivity index (χ1) is 12.5. The zero-order valence-electron chi connectivity index (χ0n) is 14.0. The van der Waals surface area contributed by atoms with Crippen molar-refractivity contribution in [3.63, 3.8) is 0 Å². The number of rotatable bonds is 5. The Labute approximate surface area is 149 Å². The normalized spacial score (nSPS) is 12.7. The molecule has 0 radical (unpaired) electrons. The smallest absolute Gasteiger partial charge is 0.327 e. The maximum atomic E-state index is 12.1. The van der Waals surface area contributed by atoms with Gasteiger partial charge >= 0.3 is 5.97 Å². The van der Waals surface area contributed by atoms with Crippen LogP contribution in [-0.2, 0) is 9.53 Å². The van der Waals surface area contributed by atoms with Crippen molar-refractivity contribution in [3.8, 4) is 0 Å². The molecule has 0 unspecified atom stereocenters. The summed E-state index contributed by atoms with van der Waals surface area (Å²) in [6, 6.07) is 13.3. The van der Waals surface area contributed by atoms with Crippen molar-refractivity contribution in [1.82, 2.24) is 10.2 Å². The fraction of sp³-hybridized carbons (Fsp3) is 0.158. The molecule has 0 spiro atoms. The van der Waals surface area contributed by atoms with Crippen LogP contribution in [0.25, 0.3) is 0 Å². The van der Waals surface area contributed by atoms with Gasteiger partial charge in [0.2, 0.25) is 0 Å². The van der Waals surface area contributed by atoms with Crippen molar-refractivity contribution in [2.75, 3.05) is 13.3 Å². The van der Waals surface area contributed by atoms with Gasteiger partial charge in [0, 0.05) is 5.56 Å². The highest BCUT2D eigenvalue weighted by molar-refractivity contribution is 6.21. The summed E-state index contributed by atoms with van der Waals surface area (Å²) in [4.78, 5) is 48.9. The van der Waals surface area contributed by atoms with E-state index in [-0.39, 0.29) is 17.7 Å². The Morgan fingerprint density at radius 1 is 0.962 bits per heavy atom. The van der Waals surface area contributed by atoms with E-state index in [9.17, 15) is 19.2 Å². The first-order valence-corrected chi connectivity index (χ1v) is 7.93. The number of carbonyl (C=O) groups excluding carboxylic acids is 4. The lowest BCUT2D eigenvalue weighted by Gasteiger charge is -2.14. The Bertz CT molecular complexity index is 854. The Morgan fingerprint density at radius 3 is 2.12 bits per heavy atom. The molecule has 132 valence electrons. The molecule has 1 aliphatic rings. The number of aryl methyl sites for hydroxylation is 1. The van der Waals surface area contributed by atoms with Gasteiger partial charge in [0.25, 0.3) is 17.7 Å². The van der Waals surface area contributed by atoms with Gasteiger partial charge in [0.1, 0.15) is 6.54 Å². The van der Waals surface area contributed by atoms with Gasteiger partial charge in [-0.3, -0.25) is 19.2 Å². The second-order valence-corrected chi connectivity index (χ2v) is 5.78. The van der Waals surface area contributed by atoms with Gasteiger partial charge in [-0.05, 0) is 31.2 Å². The second kappa shape index (κ2) is 7.18. The zero-order chi connectivity index (χ0) is 18.7. The number of hydrogen-bond acceptors (Lipinski definition) is 5. The van der Waals surface area contributed by atoms with Crippen molar-refractivity contribution >= 4 is 23.7 Å². The van der Waals surface area contributed by atoms with E-state index < -0.39 is 30.4 Å². The predicted octanol–water partition coefficient (Wildman–Crippen LogP) is 1.52. The Hall–Kier alpha value is -3.48. The lowest BCUT2D eigenvalue weighted by Crippen LogP contribution is -2.36. The standard InChI is InChI=1S/C19H16N2O5/c1-12-6-8-13(9-7-12)17(23)20-10-16(22)26-11-21-18(24)14-4-2-3-5-15(14)19(21)25/h2-9H,10-11H2,1H3,(H,20,23). The number of nitrogens with one attached hydrogen (secondary N) is 1. The predicted molar refractivity (Wildman–Crippen MR) is 91.4 cm³/mol. The summed E-state index contributed by atoms with van der Waals surface area (Å²) < 4.78 is 4.93. The Balaban J connectivity index is 1.50. The Kier molecular flexibility index (Phi) is 4.79. The lowest BCUT2D eigenvalue weighted by molar-refractivity contribution is -0.145. The van der Waals surface area contributed by atoms with Gasteiger partial charge in [0.15, 0.2) is 6.73 Å². The van der Waals surface area contributed by atoms with Gasteiger partial charge < -0.3 is 10.1 Å². The molecule has 1 N–H and O–H groups in total. The molecule has 0 aliphatic carbocycles. The number of fused-ring (bicyclic) bond motifs is 1. The van der Waals surface area contributed by atoms with E-state index in [1.807, 2.05) is 6.92 Å². The number of imide groups is 1. The summed E-state index contributed by atoms with van der Waals surface area (Å²) in [6.45, 7) is 1.04.